The maximum absolute atomic E-state index is 13.0. The molecular weight excluding hydrogens is 365 g/mol. The van der Waals surface area contributed by atoms with E-state index in [9.17, 15) is 18.7 Å². The summed E-state index contributed by atoms with van der Waals surface area (Å²) in [4.78, 5) is 10.6. The fourth-order valence-electron chi connectivity index (χ4n) is 2.84. The molecule has 0 radical (unpaired) electrons. The fraction of sp³-hybridized carbons (Fsp3) is 0.211. The standard InChI is InChI=1S/C19H18F2N2O3.Na/c20-19(21)9-14(10-19)13-3-1-11(2-4-13)12-5-7-15(8-6-12)26-17(23)16(22)18(24)25;/h1-8,14H,9-10,22-23H2,(H,24,25);/q;+1/p-1/b17-16+;. The number of benzene rings is 2. The quantitative estimate of drug-likeness (QED) is 0.396. The van der Waals surface area contributed by atoms with Crippen LogP contribution < -0.4 is 50.9 Å². The van der Waals surface area contributed by atoms with Gasteiger partial charge < -0.3 is 26.1 Å². The molecule has 27 heavy (non-hydrogen) atoms. The largest absolute Gasteiger partial charge is 1.00 e. The molecule has 1 saturated carbocycles. The topological polar surface area (TPSA) is 101 Å². The van der Waals surface area contributed by atoms with Crippen LogP contribution in [0.1, 0.15) is 24.3 Å². The summed E-state index contributed by atoms with van der Waals surface area (Å²) in [5.41, 5.74) is 12.7. The van der Waals surface area contributed by atoms with E-state index in [1.165, 1.54) is 0 Å². The Balaban J connectivity index is 0.00000261. The maximum atomic E-state index is 13.0. The normalized spacial score (nSPS) is 16.5. The van der Waals surface area contributed by atoms with Crippen LogP contribution in [0.15, 0.2) is 60.1 Å². The number of alkyl halides is 2. The molecule has 0 amide bonds. The van der Waals surface area contributed by atoms with E-state index in [1.54, 1.807) is 24.3 Å². The molecule has 0 unspecified atom stereocenters. The Morgan fingerprint density at radius 2 is 1.48 bits per heavy atom. The number of aliphatic carboxylic acids is 1. The first-order valence-electron chi connectivity index (χ1n) is 7.98. The Hall–Kier alpha value is -2.09. The zero-order valence-corrected chi connectivity index (χ0v) is 16.7. The number of hydrogen-bond donors (Lipinski definition) is 2. The summed E-state index contributed by atoms with van der Waals surface area (Å²) in [6.07, 6.45) is -0.190. The van der Waals surface area contributed by atoms with E-state index in [0.717, 1.165) is 16.7 Å². The number of carbonyl (C=O) groups excluding carboxylic acids is 1. The van der Waals surface area contributed by atoms with Crippen molar-refractivity contribution in [3.8, 4) is 16.9 Å². The minimum Gasteiger partial charge on any atom is -0.543 e. The number of nitrogens with two attached hydrogens (primary N) is 2. The number of ether oxygens (including phenoxy) is 1. The van der Waals surface area contributed by atoms with Crippen LogP contribution in [-0.2, 0) is 4.79 Å². The minimum atomic E-state index is -2.53. The average molecular weight is 382 g/mol. The van der Waals surface area contributed by atoms with Crippen LogP contribution in [0.5, 0.6) is 5.75 Å². The van der Waals surface area contributed by atoms with Gasteiger partial charge in [-0.3, -0.25) is 0 Å². The summed E-state index contributed by atoms with van der Waals surface area (Å²) in [5, 5.41) is 10.6. The zero-order chi connectivity index (χ0) is 18.9. The van der Waals surface area contributed by atoms with Crippen molar-refractivity contribution in [3.05, 3.63) is 65.7 Å². The molecule has 3 rings (SSSR count). The van der Waals surface area contributed by atoms with Crippen LogP contribution in [0.2, 0.25) is 0 Å². The summed E-state index contributed by atoms with van der Waals surface area (Å²) in [7, 11) is 0. The Morgan fingerprint density at radius 1 is 1.00 bits per heavy atom. The maximum Gasteiger partial charge on any atom is 1.00 e. The second-order valence-electron chi connectivity index (χ2n) is 6.27. The molecule has 136 valence electrons. The molecule has 8 heteroatoms. The van der Waals surface area contributed by atoms with E-state index in [-0.39, 0.29) is 48.3 Å². The van der Waals surface area contributed by atoms with E-state index >= 15 is 0 Å². The molecule has 0 spiro atoms. The summed E-state index contributed by atoms with van der Waals surface area (Å²) >= 11 is 0. The van der Waals surface area contributed by atoms with Crippen LogP contribution in [0.3, 0.4) is 0 Å². The van der Waals surface area contributed by atoms with Crippen molar-refractivity contribution in [1.82, 2.24) is 0 Å². The molecule has 4 N–H and O–H groups in total. The molecule has 0 atom stereocenters. The zero-order valence-electron chi connectivity index (χ0n) is 14.7. The van der Waals surface area contributed by atoms with Crippen LogP contribution in [0.4, 0.5) is 8.78 Å². The number of rotatable bonds is 5. The van der Waals surface area contributed by atoms with Gasteiger partial charge in [-0.2, -0.15) is 0 Å². The second kappa shape index (κ2) is 8.29. The predicted molar refractivity (Wildman–Crippen MR) is 89.8 cm³/mol. The number of halogens is 2. The van der Waals surface area contributed by atoms with E-state index in [0.29, 0.717) is 5.75 Å². The van der Waals surface area contributed by atoms with Crippen molar-refractivity contribution in [1.29, 1.82) is 0 Å². The Bertz CT molecular complexity index is 844. The number of carbonyl (C=O) groups is 1. The number of carboxylic acids is 1. The third-order valence-electron chi connectivity index (χ3n) is 4.37. The van der Waals surface area contributed by atoms with Gasteiger partial charge in [0.05, 0.1) is 5.97 Å². The van der Waals surface area contributed by atoms with E-state index in [4.69, 9.17) is 16.2 Å². The van der Waals surface area contributed by atoms with Gasteiger partial charge in [-0.05, 0) is 34.7 Å². The third kappa shape index (κ3) is 5.00. The minimum absolute atomic E-state index is 0. The molecule has 1 aliphatic carbocycles. The summed E-state index contributed by atoms with van der Waals surface area (Å²) in [6, 6.07) is 14.3. The van der Waals surface area contributed by atoms with Crippen LogP contribution in [0, 0.1) is 0 Å². The van der Waals surface area contributed by atoms with E-state index in [1.807, 2.05) is 24.3 Å². The molecule has 5 nitrogen and oxygen atoms in total. The summed E-state index contributed by atoms with van der Waals surface area (Å²) in [5.74, 6) is -4.35. The van der Waals surface area contributed by atoms with Gasteiger partial charge in [-0.15, -0.1) is 0 Å². The van der Waals surface area contributed by atoms with Gasteiger partial charge >= 0.3 is 29.6 Å². The monoisotopic (exact) mass is 382 g/mol. The first kappa shape index (κ1) is 21.2. The van der Waals surface area contributed by atoms with Crippen LogP contribution >= 0.6 is 0 Å². The van der Waals surface area contributed by atoms with Crippen LogP contribution in [-0.4, -0.2) is 11.9 Å². The van der Waals surface area contributed by atoms with Crippen LogP contribution in [0.25, 0.3) is 11.1 Å². The molecule has 1 fully saturated rings. The molecule has 0 aliphatic heterocycles. The molecule has 1 aliphatic rings. The van der Waals surface area contributed by atoms with Gasteiger partial charge in [0.15, 0.2) is 0 Å². The fourth-order valence-corrected chi connectivity index (χ4v) is 2.84. The number of hydrogen-bond acceptors (Lipinski definition) is 5. The molecule has 0 bridgehead atoms. The first-order valence-corrected chi connectivity index (χ1v) is 7.98. The van der Waals surface area contributed by atoms with E-state index < -0.39 is 23.5 Å². The molecule has 0 saturated heterocycles. The van der Waals surface area contributed by atoms with Gasteiger partial charge in [0.25, 0.3) is 0 Å². The Labute approximate surface area is 177 Å². The molecule has 2 aromatic carbocycles. The van der Waals surface area contributed by atoms with Crippen molar-refractivity contribution in [3.63, 3.8) is 0 Å². The third-order valence-corrected chi connectivity index (χ3v) is 4.37. The van der Waals surface area contributed by atoms with Gasteiger partial charge in [0.1, 0.15) is 11.4 Å². The summed E-state index contributed by atoms with van der Waals surface area (Å²) < 4.78 is 31.1. The van der Waals surface area contributed by atoms with Gasteiger partial charge in [-0.1, -0.05) is 36.4 Å². The first-order chi connectivity index (χ1) is 12.2. The Morgan fingerprint density at radius 3 is 1.93 bits per heavy atom. The molecule has 0 aromatic heterocycles. The van der Waals surface area contributed by atoms with Gasteiger partial charge in [0, 0.05) is 12.8 Å². The van der Waals surface area contributed by atoms with Crippen molar-refractivity contribution in [2.24, 2.45) is 11.5 Å². The number of carboxylic acid groups (broad SMARTS) is 1. The van der Waals surface area contributed by atoms with Crippen molar-refractivity contribution < 1.29 is 53.0 Å². The molecule has 0 heterocycles. The SMILES string of the molecule is N/C(Oc1ccc(-c2ccc(C3CC(F)(F)C3)cc2)cc1)=C(\N)C(=O)[O-].[Na+]. The summed E-state index contributed by atoms with van der Waals surface area (Å²) in [6.45, 7) is 0. The van der Waals surface area contributed by atoms with Crippen molar-refractivity contribution in [2.75, 3.05) is 0 Å². The van der Waals surface area contributed by atoms with Crippen molar-refractivity contribution >= 4 is 5.97 Å². The Kier molecular flexibility index (Phi) is 6.51. The smallest absolute Gasteiger partial charge is 0.543 e. The predicted octanol–water partition coefficient (Wildman–Crippen LogP) is -0.914. The molecular formula is C19H17F2N2NaO3. The van der Waals surface area contributed by atoms with Gasteiger partial charge in [-0.25, -0.2) is 8.78 Å². The molecule has 2 aromatic rings. The van der Waals surface area contributed by atoms with E-state index in [2.05, 4.69) is 0 Å². The second-order valence-corrected chi connectivity index (χ2v) is 6.27. The average Bonchev–Trinajstić information content (AvgIpc) is 2.59. The van der Waals surface area contributed by atoms with Gasteiger partial charge in [0.2, 0.25) is 11.8 Å². The van der Waals surface area contributed by atoms with Crippen molar-refractivity contribution in [2.45, 2.75) is 24.7 Å².